The lowest BCUT2D eigenvalue weighted by Gasteiger charge is -2.21. The minimum absolute atomic E-state index is 0.164. The van der Waals surface area contributed by atoms with E-state index in [1.807, 2.05) is 54.6 Å². The van der Waals surface area contributed by atoms with E-state index >= 15 is 0 Å². The first kappa shape index (κ1) is 20.5. The number of amides is 1. The topological polar surface area (TPSA) is 75.6 Å². The van der Waals surface area contributed by atoms with E-state index in [1.165, 1.54) is 4.90 Å². The molecule has 0 saturated carbocycles. The van der Waals surface area contributed by atoms with Crippen LogP contribution in [0.25, 0.3) is 10.9 Å². The number of hydrogen-bond donors (Lipinski definition) is 1. The van der Waals surface area contributed by atoms with Crippen LogP contribution in [0.5, 0.6) is 5.75 Å². The Balaban J connectivity index is 1.39. The summed E-state index contributed by atoms with van der Waals surface area (Å²) in [5, 5.41) is 11.7. The van der Waals surface area contributed by atoms with Gasteiger partial charge in [-0.15, -0.1) is 0 Å². The van der Waals surface area contributed by atoms with Crippen molar-refractivity contribution in [2.24, 2.45) is 0 Å². The van der Waals surface area contributed by atoms with E-state index in [1.54, 1.807) is 37.6 Å². The standard InChI is InChI=1S/C25H23N3O3/c1-28(25(30)19-11-13-26-14-12-19)16-24(29)20-6-4-7-22(15-20)31-17-21-10-9-18-5-2-3-8-23(18)27-21/h2-15,24,29H,16-17H2,1H3/t24-/m0/s1. The van der Waals surface area contributed by atoms with E-state index < -0.39 is 6.10 Å². The van der Waals surface area contributed by atoms with Gasteiger partial charge in [0.05, 0.1) is 23.9 Å². The number of rotatable bonds is 7. The van der Waals surface area contributed by atoms with Gasteiger partial charge < -0.3 is 14.7 Å². The molecule has 0 aliphatic heterocycles. The van der Waals surface area contributed by atoms with Crippen molar-refractivity contribution in [2.45, 2.75) is 12.7 Å². The van der Waals surface area contributed by atoms with Gasteiger partial charge in [-0.3, -0.25) is 9.78 Å². The third-order valence-electron chi connectivity index (χ3n) is 5.01. The Morgan fingerprint density at radius 3 is 2.68 bits per heavy atom. The van der Waals surface area contributed by atoms with Crippen molar-refractivity contribution >= 4 is 16.8 Å². The highest BCUT2D eigenvalue weighted by Gasteiger charge is 2.17. The Morgan fingerprint density at radius 2 is 1.84 bits per heavy atom. The lowest BCUT2D eigenvalue weighted by molar-refractivity contribution is 0.0680. The van der Waals surface area contributed by atoms with Crippen molar-refractivity contribution in [1.29, 1.82) is 0 Å². The van der Waals surface area contributed by atoms with Crippen LogP contribution >= 0.6 is 0 Å². The number of fused-ring (bicyclic) bond motifs is 1. The molecule has 1 atom stereocenters. The van der Waals surface area contributed by atoms with E-state index in [4.69, 9.17) is 4.74 Å². The zero-order valence-electron chi connectivity index (χ0n) is 17.2. The molecule has 31 heavy (non-hydrogen) atoms. The molecule has 6 nitrogen and oxygen atoms in total. The van der Waals surface area contributed by atoms with E-state index in [0.717, 1.165) is 16.6 Å². The maximum Gasteiger partial charge on any atom is 0.253 e. The van der Waals surface area contributed by atoms with Crippen LogP contribution in [0.15, 0.2) is 85.2 Å². The zero-order valence-corrected chi connectivity index (χ0v) is 17.2. The van der Waals surface area contributed by atoms with Gasteiger partial charge in [-0.05, 0) is 42.0 Å². The van der Waals surface area contributed by atoms with Crippen molar-refractivity contribution in [3.05, 3.63) is 102 Å². The van der Waals surface area contributed by atoms with Crippen LogP contribution in [-0.2, 0) is 6.61 Å². The number of hydrogen-bond acceptors (Lipinski definition) is 5. The molecule has 0 unspecified atom stereocenters. The van der Waals surface area contributed by atoms with Crippen LogP contribution in [0, 0.1) is 0 Å². The zero-order chi connectivity index (χ0) is 21.6. The highest BCUT2D eigenvalue weighted by atomic mass is 16.5. The number of aromatic nitrogens is 2. The van der Waals surface area contributed by atoms with E-state index in [-0.39, 0.29) is 12.5 Å². The lowest BCUT2D eigenvalue weighted by Crippen LogP contribution is -2.31. The van der Waals surface area contributed by atoms with Gasteiger partial charge in [-0.25, -0.2) is 4.98 Å². The number of pyridine rings is 2. The van der Waals surface area contributed by atoms with Crippen molar-refractivity contribution in [3.63, 3.8) is 0 Å². The predicted octanol–water partition coefficient (Wildman–Crippen LogP) is 4.01. The highest BCUT2D eigenvalue weighted by molar-refractivity contribution is 5.93. The Bertz CT molecular complexity index is 1180. The fourth-order valence-electron chi connectivity index (χ4n) is 3.32. The fraction of sp³-hybridized carbons (Fsp3) is 0.160. The second-order valence-electron chi connectivity index (χ2n) is 7.29. The quantitative estimate of drug-likeness (QED) is 0.495. The molecule has 156 valence electrons. The molecule has 2 heterocycles. The molecule has 0 aliphatic rings. The number of likely N-dealkylation sites (N-methyl/N-ethyl adjacent to an activating group) is 1. The molecule has 1 N–H and O–H groups in total. The SMILES string of the molecule is CN(C[C@H](O)c1cccc(OCc2ccc3ccccc3n2)c1)C(=O)c1ccncc1. The smallest absolute Gasteiger partial charge is 0.253 e. The largest absolute Gasteiger partial charge is 0.487 e. The van der Waals surface area contributed by atoms with E-state index in [2.05, 4.69) is 9.97 Å². The van der Waals surface area contributed by atoms with Crippen molar-refractivity contribution in [1.82, 2.24) is 14.9 Å². The second-order valence-corrected chi connectivity index (χ2v) is 7.29. The number of aliphatic hydroxyl groups is 1. The Kier molecular flexibility index (Phi) is 6.19. The van der Waals surface area contributed by atoms with Crippen LogP contribution < -0.4 is 4.74 Å². The predicted molar refractivity (Wildman–Crippen MR) is 119 cm³/mol. The van der Waals surface area contributed by atoms with Crippen molar-refractivity contribution in [2.75, 3.05) is 13.6 Å². The molecule has 2 aromatic carbocycles. The maximum absolute atomic E-state index is 12.5. The summed E-state index contributed by atoms with van der Waals surface area (Å²) in [6.45, 7) is 0.488. The van der Waals surface area contributed by atoms with Crippen LogP contribution in [0.4, 0.5) is 0 Å². The van der Waals surface area contributed by atoms with Gasteiger partial charge in [-0.1, -0.05) is 36.4 Å². The Hall–Kier alpha value is -3.77. The molecule has 0 bridgehead atoms. The van der Waals surface area contributed by atoms with Crippen LogP contribution in [-0.4, -0.2) is 39.5 Å². The van der Waals surface area contributed by atoms with Gasteiger partial charge in [0.2, 0.25) is 0 Å². The van der Waals surface area contributed by atoms with Crippen LogP contribution in [0.1, 0.15) is 27.7 Å². The molecule has 0 fully saturated rings. The third-order valence-corrected chi connectivity index (χ3v) is 5.01. The summed E-state index contributed by atoms with van der Waals surface area (Å²) in [5.41, 5.74) is 2.96. The highest BCUT2D eigenvalue weighted by Crippen LogP contribution is 2.22. The summed E-state index contributed by atoms with van der Waals surface area (Å²) in [7, 11) is 1.66. The number of nitrogens with zero attached hydrogens (tertiary/aromatic N) is 3. The number of carbonyl (C=O) groups is 1. The summed E-state index contributed by atoms with van der Waals surface area (Å²) in [6, 6.07) is 22.5. The molecule has 0 aliphatic carbocycles. The average Bonchev–Trinajstić information content (AvgIpc) is 2.82. The van der Waals surface area contributed by atoms with Gasteiger partial charge in [0.15, 0.2) is 0 Å². The summed E-state index contributed by atoms with van der Waals surface area (Å²) in [6.07, 6.45) is 2.31. The average molecular weight is 413 g/mol. The number of aliphatic hydroxyl groups excluding tert-OH is 1. The van der Waals surface area contributed by atoms with Crippen LogP contribution in [0.3, 0.4) is 0 Å². The molecule has 6 heteroatoms. The molecular weight excluding hydrogens is 390 g/mol. The first-order chi connectivity index (χ1) is 15.1. The van der Waals surface area contributed by atoms with Crippen LogP contribution in [0.2, 0.25) is 0 Å². The van der Waals surface area contributed by atoms with Crippen molar-refractivity contribution < 1.29 is 14.6 Å². The first-order valence-electron chi connectivity index (χ1n) is 10.0. The van der Waals surface area contributed by atoms with E-state index in [0.29, 0.717) is 23.5 Å². The summed E-state index contributed by atoms with van der Waals surface area (Å²) in [4.78, 5) is 22.5. The van der Waals surface area contributed by atoms with Gasteiger partial charge in [0.1, 0.15) is 12.4 Å². The maximum atomic E-state index is 12.5. The molecule has 4 rings (SSSR count). The molecule has 0 radical (unpaired) electrons. The monoisotopic (exact) mass is 413 g/mol. The molecule has 4 aromatic rings. The number of carbonyl (C=O) groups excluding carboxylic acids is 1. The summed E-state index contributed by atoms with van der Waals surface area (Å²) >= 11 is 0. The lowest BCUT2D eigenvalue weighted by atomic mass is 10.1. The Morgan fingerprint density at radius 1 is 1.03 bits per heavy atom. The molecule has 2 aromatic heterocycles. The number of ether oxygens (including phenoxy) is 1. The van der Waals surface area contributed by atoms with Crippen molar-refractivity contribution in [3.8, 4) is 5.75 Å². The number of benzene rings is 2. The normalized spacial score (nSPS) is 11.8. The first-order valence-corrected chi connectivity index (χ1v) is 10.0. The third kappa shape index (κ3) is 5.05. The van der Waals surface area contributed by atoms with Gasteiger partial charge >= 0.3 is 0 Å². The van der Waals surface area contributed by atoms with E-state index in [9.17, 15) is 9.90 Å². The Labute approximate surface area is 180 Å². The molecule has 0 saturated heterocycles. The number of para-hydroxylation sites is 1. The van der Waals surface area contributed by atoms with Gasteiger partial charge in [0, 0.05) is 30.4 Å². The summed E-state index contributed by atoms with van der Waals surface area (Å²) < 4.78 is 5.89. The van der Waals surface area contributed by atoms with Gasteiger partial charge in [0.25, 0.3) is 5.91 Å². The molecular formula is C25H23N3O3. The second kappa shape index (κ2) is 9.36. The molecule has 0 spiro atoms. The minimum Gasteiger partial charge on any atom is -0.487 e. The fourth-order valence-corrected chi connectivity index (χ4v) is 3.32. The molecule has 1 amide bonds. The minimum atomic E-state index is -0.835. The summed E-state index contributed by atoms with van der Waals surface area (Å²) in [5.74, 6) is 0.464. The van der Waals surface area contributed by atoms with Gasteiger partial charge in [-0.2, -0.15) is 0 Å².